The van der Waals surface area contributed by atoms with Gasteiger partial charge in [0.1, 0.15) is 17.1 Å². The van der Waals surface area contributed by atoms with Crippen molar-refractivity contribution in [3.05, 3.63) is 95.1 Å². The molecule has 0 aliphatic heterocycles. The Bertz CT molecular complexity index is 933. The maximum absolute atomic E-state index is 12.5. The Morgan fingerprint density at radius 2 is 1.34 bits per heavy atom. The zero-order chi connectivity index (χ0) is 21.0. The van der Waals surface area contributed by atoms with E-state index < -0.39 is 5.60 Å². The van der Waals surface area contributed by atoms with Gasteiger partial charge < -0.3 is 19.5 Å². The molecular formula is C25H29NO3. The summed E-state index contributed by atoms with van der Waals surface area (Å²) in [5, 5.41) is 12.5. The molecule has 3 aromatic rings. The lowest BCUT2D eigenvalue weighted by Crippen LogP contribution is -2.33. The van der Waals surface area contributed by atoms with Gasteiger partial charge >= 0.3 is 0 Å². The number of methoxy groups -OCH3 is 2. The Balaban J connectivity index is 2.42. The molecule has 29 heavy (non-hydrogen) atoms. The molecule has 0 fully saturated rings. The van der Waals surface area contributed by atoms with Gasteiger partial charge in [0, 0.05) is 6.04 Å². The van der Waals surface area contributed by atoms with E-state index in [2.05, 4.69) is 17.9 Å². The first-order valence-corrected chi connectivity index (χ1v) is 9.70. The molecule has 0 heterocycles. The predicted octanol–water partition coefficient (Wildman–Crippen LogP) is 4.61. The average Bonchev–Trinajstić information content (AvgIpc) is 2.77. The van der Waals surface area contributed by atoms with Crippen molar-refractivity contribution in [2.45, 2.75) is 18.6 Å². The predicted molar refractivity (Wildman–Crippen MR) is 117 cm³/mol. The van der Waals surface area contributed by atoms with Crippen molar-refractivity contribution < 1.29 is 14.6 Å². The van der Waals surface area contributed by atoms with E-state index in [0.717, 1.165) is 16.7 Å². The highest BCUT2D eigenvalue weighted by Gasteiger charge is 2.41. The van der Waals surface area contributed by atoms with Gasteiger partial charge in [0.25, 0.3) is 0 Å². The van der Waals surface area contributed by atoms with Crippen LogP contribution >= 0.6 is 0 Å². The van der Waals surface area contributed by atoms with Crippen molar-refractivity contribution in [1.29, 1.82) is 0 Å². The highest BCUT2D eigenvalue weighted by atomic mass is 16.5. The van der Waals surface area contributed by atoms with Crippen LogP contribution in [0.2, 0.25) is 0 Å². The van der Waals surface area contributed by atoms with E-state index in [4.69, 9.17) is 9.47 Å². The second kappa shape index (κ2) is 8.68. The van der Waals surface area contributed by atoms with Crippen molar-refractivity contribution in [3.63, 3.8) is 0 Å². The van der Waals surface area contributed by atoms with Crippen LogP contribution in [-0.2, 0) is 5.60 Å². The molecule has 0 spiro atoms. The molecule has 3 rings (SSSR count). The average molecular weight is 392 g/mol. The number of hydrogen-bond acceptors (Lipinski definition) is 4. The number of nitrogens with zero attached hydrogens (tertiary/aromatic N) is 1. The molecule has 1 unspecified atom stereocenters. The summed E-state index contributed by atoms with van der Waals surface area (Å²) in [5.74, 6) is 1.14. The lowest BCUT2D eigenvalue weighted by Gasteiger charge is -2.36. The summed E-state index contributed by atoms with van der Waals surface area (Å²) >= 11 is 0. The van der Waals surface area contributed by atoms with E-state index in [-0.39, 0.29) is 6.04 Å². The third-order valence-corrected chi connectivity index (χ3v) is 5.56. The molecule has 0 saturated carbocycles. The van der Waals surface area contributed by atoms with Crippen LogP contribution in [-0.4, -0.2) is 38.3 Å². The van der Waals surface area contributed by atoms with E-state index >= 15 is 0 Å². The summed E-state index contributed by atoms with van der Waals surface area (Å²) in [5.41, 5.74) is 1.72. The molecule has 0 amide bonds. The first kappa shape index (κ1) is 20.9. The first-order chi connectivity index (χ1) is 13.9. The van der Waals surface area contributed by atoms with Crippen LogP contribution in [0.5, 0.6) is 11.5 Å². The van der Waals surface area contributed by atoms with Gasteiger partial charge in [-0.25, -0.2) is 0 Å². The number of hydrogen-bond donors (Lipinski definition) is 1. The Kier molecular flexibility index (Phi) is 6.26. The van der Waals surface area contributed by atoms with Crippen LogP contribution in [0.25, 0.3) is 0 Å². The Morgan fingerprint density at radius 3 is 1.90 bits per heavy atom. The van der Waals surface area contributed by atoms with Crippen LogP contribution in [0.4, 0.5) is 0 Å². The van der Waals surface area contributed by atoms with Crippen LogP contribution in [0.1, 0.15) is 35.2 Å². The van der Waals surface area contributed by atoms with Crippen LogP contribution in [0.15, 0.2) is 72.8 Å². The van der Waals surface area contributed by atoms with E-state index in [0.29, 0.717) is 17.1 Å². The van der Waals surface area contributed by atoms with E-state index in [9.17, 15) is 5.11 Å². The topological polar surface area (TPSA) is 41.9 Å². The van der Waals surface area contributed by atoms with Crippen LogP contribution in [0.3, 0.4) is 0 Å². The summed E-state index contributed by atoms with van der Waals surface area (Å²) in [6.07, 6.45) is 0. The Morgan fingerprint density at radius 1 is 0.793 bits per heavy atom. The van der Waals surface area contributed by atoms with Gasteiger partial charge in [-0.15, -0.1) is 0 Å². The fourth-order valence-electron chi connectivity index (χ4n) is 3.79. The fraction of sp³-hybridized carbons (Fsp3) is 0.280. The number of ether oxygens (including phenoxy) is 2. The van der Waals surface area contributed by atoms with E-state index in [1.807, 2.05) is 80.8 Å². The van der Waals surface area contributed by atoms with Crippen LogP contribution in [0, 0.1) is 0 Å². The summed E-state index contributed by atoms with van der Waals surface area (Å²) in [6.45, 7) is 2.13. The molecule has 0 saturated heterocycles. The maximum Gasteiger partial charge on any atom is 0.148 e. The summed E-state index contributed by atoms with van der Waals surface area (Å²) in [7, 11) is 7.29. The number of aliphatic hydroxyl groups is 1. The van der Waals surface area contributed by atoms with Crippen molar-refractivity contribution in [2.24, 2.45) is 0 Å². The lowest BCUT2D eigenvalue weighted by molar-refractivity contribution is 0.115. The normalized spacial score (nSPS) is 14.3. The minimum Gasteiger partial charge on any atom is -0.496 e. The molecular weight excluding hydrogens is 362 g/mol. The van der Waals surface area contributed by atoms with E-state index in [1.54, 1.807) is 14.2 Å². The number of rotatable bonds is 7. The van der Waals surface area contributed by atoms with Crippen molar-refractivity contribution >= 4 is 0 Å². The van der Waals surface area contributed by atoms with Gasteiger partial charge in [-0.1, -0.05) is 60.7 Å². The molecule has 0 aliphatic rings. The molecule has 152 valence electrons. The van der Waals surface area contributed by atoms with Gasteiger partial charge in [0.15, 0.2) is 0 Å². The first-order valence-electron chi connectivity index (χ1n) is 9.70. The smallest absolute Gasteiger partial charge is 0.148 e. The van der Waals surface area contributed by atoms with Crippen molar-refractivity contribution in [2.75, 3.05) is 28.3 Å². The quantitative estimate of drug-likeness (QED) is 0.597. The van der Waals surface area contributed by atoms with Gasteiger partial charge in [-0.2, -0.15) is 0 Å². The summed E-state index contributed by atoms with van der Waals surface area (Å²) in [6, 6.07) is 23.3. The fourth-order valence-corrected chi connectivity index (χ4v) is 3.79. The molecule has 0 aliphatic carbocycles. The number of benzene rings is 3. The van der Waals surface area contributed by atoms with E-state index in [1.165, 1.54) is 0 Å². The third kappa shape index (κ3) is 3.74. The molecule has 1 N–H and O–H groups in total. The largest absolute Gasteiger partial charge is 0.496 e. The van der Waals surface area contributed by atoms with Crippen molar-refractivity contribution in [3.8, 4) is 11.5 Å². The lowest BCUT2D eigenvalue weighted by atomic mass is 9.76. The standard InChI is InChI=1S/C25H29NO3/c1-18(26(2)3)20-14-9-10-15-21(20)25(27,19-12-7-6-8-13-19)24-22(28-4)16-11-17-23(24)29-5/h6-18,27H,1-5H3/t18-,25?/m0/s1. The minimum absolute atomic E-state index is 0.0992. The maximum atomic E-state index is 12.5. The summed E-state index contributed by atoms with van der Waals surface area (Å²) in [4.78, 5) is 2.13. The molecule has 0 bridgehead atoms. The second-order valence-electron chi connectivity index (χ2n) is 7.34. The summed E-state index contributed by atoms with van der Waals surface area (Å²) < 4.78 is 11.3. The van der Waals surface area contributed by atoms with Gasteiger partial charge in [-0.3, -0.25) is 0 Å². The molecule has 0 aromatic heterocycles. The monoisotopic (exact) mass is 391 g/mol. The molecule has 4 nitrogen and oxygen atoms in total. The zero-order valence-corrected chi connectivity index (χ0v) is 17.7. The van der Waals surface area contributed by atoms with Gasteiger partial charge in [0.05, 0.1) is 19.8 Å². The van der Waals surface area contributed by atoms with Gasteiger partial charge in [-0.05, 0) is 49.8 Å². The molecule has 4 heteroatoms. The molecule has 2 atom stereocenters. The third-order valence-electron chi connectivity index (χ3n) is 5.56. The minimum atomic E-state index is -1.46. The zero-order valence-electron chi connectivity index (χ0n) is 17.7. The Labute approximate surface area is 173 Å². The van der Waals surface area contributed by atoms with Crippen LogP contribution < -0.4 is 9.47 Å². The molecule has 3 aromatic carbocycles. The highest BCUT2D eigenvalue weighted by Crippen LogP contribution is 2.47. The highest BCUT2D eigenvalue weighted by molar-refractivity contribution is 5.60. The van der Waals surface area contributed by atoms with Crippen molar-refractivity contribution in [1.82, 2.24) is 4.90 Å². The molecule has 0 radical (unpaired) electrons. The van der Waals surface area contributed by atoms with Gasteiger partial charge in [0.2, 0.25) is 0 Å². The Hall–Kier alpha value is -2.82. The second-order valence-corrected chi connectivity index (χ2v) is 7.34. The SMILES string of the molecule is COc1cccc(OC)c1C(O)(c1ccccc1)c1ccccc1[C@H](C)N(C)C.